The quantitative estimate of drug-likeness (QED) is 0.621. The molecule has 0 aliphatic heterocycles. The molecule has 3 rings (SSSR count). The van der Waals surface area contributed by atoms with Crippen molar-refractivity contribution in [2.24, 2.45) is 0 Å². The number of nitrogens with zero attached hydrogens (tertiary/aromatic N) is 3. The number of hydrogen-bond donors (Lipinski definition) is 2. The molecule has 0 fully saturated rings. The van der Waals surface area contributed by atoms with E-state index in [1.807, 2.05) is 6.07 Å². The highest BCUT2D eigenvalue weighted by Crippen LogP contribution is 2.17. The SMILES string of the molecule is CCOC(=O)c1ccc(Nc2nccc(C(=O)Nc3ccccc3C#N)n2)cc1. The predicted molar refractivity (Wildman–Crippen MR) is 107 cm³/mol. The first-order valence-corrected chi connectivity index (χ1v) is 8.78. The van der Waals surface area contributed by atoms with Crippen LogP contribution in [0.2, 0.25) is 0 Å². The van der Waals surface area contributed by atoms with Crippen molar-refractivity contribution in [3.8, 4) is 6.07 Å². The second-order valence-electron chi connectivity index (χ2n) is 5.80. The molecule has 0 aliphatic carbocycles. The summed E-state index contributed by atoms with van der Waals surface area (Å²) in [4.78, 5) is 32.5. The minimum absolute atomic E-state index is 0.137. The summed E-state index contributed by atoms with van der Waals surface area (Å²) < 4.78 is 4.94. The summed E-state index contributed by atoms with van der Waals surface area (Å²) in [6, 6.07) is 16.8. The lowest BCUT2D eigenvalue weighted by atomic mass is 10.2. The third-order valence-corrected chi connectivity index (χ3v) is 3.84. The minimum Gasteiger partial charge on any atom is -0.462 e. The van der Waals surface area contributed by atoms with E-state index in [0.29, 0.717) is 29.1 Å². The Balaban J connectivity index is 1.72. The van der Waals surface area contributed by atoms with Crippen molar-refractivity contribution in [1.82, 2.24) is 9.97 Å². The highest BCUT2D eigenvalue weighted by atomic mass is 16.5. The summed E-state index contributed by atoms with van der Waals surface area (Å²) >= 11 is 0. The lowest BCUT2D eigenvalue weighted by molar-refractivity contribution is 0.0526. The lowest BCUT2D eigenvalue weighted by Gasteiger charge is -2.09. The lowest BCUT2D eigenvalue weighted by Crippen LogP contribution is -2.15. The van der Waals surface area contributed by atoms with Gasteiger partial charge in [0.2, 0.25) is 5.95 Å². The van der Waals surface area contributed by atoms with Gasteiger partial charge in [0.15, 0.2) is 0 Å². The first-order chi connectivity index (χ1) is 14.1. The van der Waals surface area contributed by atoms with E-state index in [1.165, 1.54) is 12.3 Å². The molecule has 2 aromatic carbocycles. The minimum atomic E-state index is -0.462. The van der Waals surface area contributed by atoms with Gasteiger partial charge in [0.05, 0.1) is 23.4 Å². The van der Waals surface area contributed by atoms with E-state index in [1.54, 1.807) is 55.5 Å². The molecule has 3 aromatic rings. The Labute approximate surface area is 167 Å². The molecule has 0 unspecified atom stereocenters. The third-order valence-electron chi connectivity index (χ3n) is 3.84. The second kappa shape index (κ2) is 9.10. The third kappa shape index (κ3) is 4.93. The van der Waals surface area contributed by atoms with E-state index < -0.39 is 11.9 Å². The van der Waals surface area contributed by atoms with E-state index in [2.05, 4.69) is 20.6 Å². The molecule has 8 heteroatoms. The van der Waals surface area contributed by atoms with Gasteiger partial charge < -0.3 is 15.4 Å². The number of hydrogen-bond acceptors (Lipinski definition) is 7. The summed E-state index contributed by atoms with van der Waals surface area (Å²) in [7, 11) is 0. The van der Waals surface area contributed by atoms with Gasteiger partial charge in [0.1, 0.15) is 11.8 Å². The molecule has 29 heavy (non-hydrogen) atoms. The highest BCUT2D eigenvalue weighted by Gasteiger charge is 2.12. The fourth-order valence-corrected chi connectivity index (χ4v) is 2.45. The van der Waals surface area contributed by atoms with Crippen LogP contribution < -0.4 is 10.6 Å². The van der Waals surface area contributed by atoms with E-state index in [9.17, 15) is 9.59 Å². The molecule has 8 nitrogen and oxygen atoms in total. The number of esters is 1. The summed E-state index contributed by atoms with van der Waals surface area (Å²) in [5, 5.41) is 14.8. The van der Waals surface area contributed by atoms with Crippen LogP contribution in [0.15, 0.2) is 60.8 Å². The highest BCUT2D eigenvalue weighted by molar-refractivity contribution is 6.03. The van der Waals surface area contributed by atoms with E-state index in [-0.39, 0.29) is 11.6 Å². The van der Waals surface area contributed by atoms with Crippen LogP contribution in [0.3, 0.4) is 0 Å². The number of rotatable bonds is 6. The van der Waals surface area contributed by atoms with Gasteiger partial charge in [0.25, 0.3) is 5.91 Å². The average molecular weight is 387 g/mol. The Morgan fingerprint density at radius 1 is 1.10 bits per heavy atom. The number of benzene rings is 2. The largest absolute Gasteiger partial charge is 0.462 e. The van der Waals surface area contributed by atoms with Crippen LogP contribution >= 0.6 is 0 Å². The van der Waals surface area contributed by atoms with Gasteiger partial charge in [-0.15, -0.1) is 0 Å². The molecule has 0 bridgehead atoms. The number of nitriles is 1. The average Bonchev–Trinajstić information content (AvgIpc) is 2.75. The van der Waals surface area contributed by atoms with Gasteiger partial charge >= 0.3 is 5.97 Å². The van der Waals surface area contributed by atoms with Gasteiger partial charge in [0, 0.05) is 11.9 Å². The van der Waals surface area contributed by atoms with Crippen molar-refractivity contribution < 1.29 is 14.3 Å². The van der Waals surface area contributed by atoms with Crippen LogP contribution in [0.25, 0.3) is 0 Å². The molecule has 144 valence electrons. The molecule has 0 atom stereocenters. The zero-order chi connectivity index (χ0) is 20.6. The zero-order valence-electron chi connectivity index (χ0n) is 15.5. The van der Waals surface area contributed by atoms with Crippen molar-refractivity contribution in [2.75, 3.05) is 17.2 Å². The molecule has 0 aliphatic rings. The van der Waals surface area contributed by atoms with Crippen LogP contribution in [0.4, 0.5) is 17.3 Å². The maximum Gasteiger partial charge on any atom is 0.338 e. The summed E-state index contributed by atoms with van der Waals surface area (Å²) in [6.45, 7) is 2.05. The maximum absolute atomic E-state index is 12.5. The Hall–Kier alpha value is -4.25. The predicted octanol–water partition coefficient (Wildman–Crippen LogP) is 3.52. The number of amides is 1. The number of aromatic nitrogens is 2. The van der Waals surface area contributed by atoms with Crippen molar-refractivity contribution in [3.63, 3.8) is 0 Å². The van der Waals surface area contributed by atoms with Gasteiger partial charge in [-0.25, -0.2) is 14.8 Å². The first-order valence-electron chi connectivity index (χ1n) is 8.78. The Kier molecular flexibility index (Phi) is 6.12. The van der Waals surface area contributed by atoms with Gasteiger partial charge in [-0.2, -0.15) is 5.26 Å². The smallest absolute Gasteiger partial charge is 0.338 e. The van der Waals surface area contributed by atoms with Gasteiger partial charge in [-0.05, 0) is 49.4 Å². The standard InChI is InChI=1S/C21H17N5O3/c1-2-29-20(28)14-7-9-16(10-8-14)24-21-23-12-11-18(26-21)19(27)25-17-6-4-3-5-15(17)13-22/h3-12H,2H2,1H3,(H,25,27)(H,23,24,26). The van der Waals surface area contributed by atoms with Gasteiger partial charge in [-0.3, -0.25) is 4.79 Å². The monoisotopic (exact) mass is 387 g/mol. The number of carbonyl (C=O) groups excluding carboxylic acids is 2. The summed E-state index contributed by atoms with van der Waals surface area (Å²) in [6.07, 6.45) is 1.45. The van der Waals surface area contributed by atoms with E-state index >= 15 is 0 Å². The number of ether oxygens (including phenoxy) is 1. The normalized spacial score (nSPS) is 9.93. The second-order valence-corrected chi connectivity index (χ2v) is 5.80. The van der Waals surface area contributed by atoms with Crippen molar-refractivity contribution in [3.05, 3.63) is 77.6 Å². The van der Waals surface area contributed by atoms with E-state index in [4.69, 9.17) is 10.00 Å². The van der Waals surface area contributed by atoms with Crippen LogP contribution in [0.1, 0.15) is 33.3 Å². The van der Waals surface area contributed by atoms with E-state index in [0.717, 1.165) is 0 Å². The van der Waals surface area contributed by atoms with Crippen LogP contribution in [0, 0.1) is 11.3 Å². The van der Waals surface area contributed by atoms with Crippen molar-refractivity contribution >= 4 is 29.2 Å². The molecule has 1 amide bonds. The van der Waals surface area contributed by atoms with Gasteiger partial charge in [-0.1, -0.05) is 12.1 Å². The fraction of sp³-hybridized carbons (Fsp3) is 0.0952. The molecular weight excluding hydrogens is 370 g/mol. The number of para-hydroxylation sites is 1. The molecule has 0 spiro atoms. The van der Waals surface area contributed by atoms with Crippen molar-refractivity contribution in [2.45, 2.75) is 6.92 Å². The molecule has 1 aromatic heterocycles. The van der Waals surface area contributed by atoms with Crippen LogP contribution in [-0.2, 0) is 4.74 Å². The maximum atomic E-state index is 12.5. The molecule has 1 heterocycles. The fourth-order valence-electron chi connectivity index (χ4n) is 2.45. The Morgan fingerprint density at radius 2 is 1.86 bits per heavy atom. The van der Waals surface area contributed by atoms with Crippen molar-refractivity contribution in [1.29, 1.82) is 5.26 Å². The number of anilines is 3. The van der Waals surface area contributed by atoms with Crippen LogP contribution in [-0.4, -0.2) is 28.5 Å². The molecule has 0 radical (unpaired) electrons. The molecule has 0 saturated carbocycles. The molecule has 2 N–H and O–H groups in total. The summed E-state index contributed by atoms with van der Waals surface area (Å²) in [5.41, 5.74) is 1.98. The number of nitrogens with one attached hydrogen (secondary N) is 2. The Morgan fingerprint density at radius 3 is 2.59 bits per heavy atom. The zero-order valence-corrected chi connectivity index (χ0v) is 15.5. The first kappa shape index (κ1) is 19.5. The molecule has 0 saturated heterocycles. The topological polar surface area (TPSA) is 117 Å². The van der Waals surface area contributed by atoms with Crippen LogP contribution in [0.5, 0.6) is 0 Å². The Bertz CT molecular complexity index is 1070. The molecular formula is C21H17N5O3. The summed E-state index contributed by atoms with van der Waals surface area (Å²) in [5.74, 6) is -0.641. The number of carbonyl (C=O) groups is 2.